The average Bonchev–Trinajstić information content (AvgIpc) is 3.80. The van der Waals surface area contributed by atoms with E-state index < -0.39 is 89.5 Å². The van der Waals surface area contributed by atoms with Crippen LogP contribution in [0.25, 0.3) is 10.6 Å². The third-order valence-electron chi connectivity index (χ3n) is 13.9. The van der Waals surface area contributed by atoms with Crippen LogP contribution in [0.5, 0.6) is 0 Å². The normalized spacial score (nSPS) is 34.5. The summed E-state index contributed by atoms with van der Waals surface area (Å²) in [5.74, 6) is -4.61. The molecule has 2 bridgehead atoms. The number of esters is 2. The first-order valence-corrected chi connectivity index (χ1v) is 25.3. The number of hydrogen-bond donors (Lipinski definition) is 2. The van der Waals surface area contributed by atoms with Crippen LogP contribution in [-0.4, -0.2) is 144 Å². The van der Waals surface area contributed by atoms with Crippen molar-refractivity contribution >= 4 is 46.4 Å². The molecule has 0 aliphatic carbocycles. The Labute approximate surface area is 422 Å². The van der Waals surface area contributed by atoms with Crippen LogP contribution in [0.2, 0.25) is 0 Å². The van der Waals surface area contributed by atoms with Gasteiger partial charge >= 0.3 is 11.9 Å². The van der Waals surface area contributed by atoms with E-state index in [0.717, 1.165) is 15.4 Å². The molecule has 3 aliphatic heterocycles. The second-order valence-corrected chi connectivity index (χ2v) is 21.1. The fourth-order valence-corrected chi connectivity index (χ4v) is 11.3. The molecule has 3 aromatic rings. The molecule has 0 radical (unpaired) electrons. The van der Waals surface area contributed by atoms with Gasteiger partial charge in [0.2, 0.25) is 5.91 Å². The van der Waals surface area contributed by atoms with Crippen LogP contribution in [0.4, 0.5) is 5.82 Å². The van der Waals surface area contributed by atoms with Crippen LogP contribution in [-0.2, 0) is 65.4 Å². The Bertz CT molecular complexity index is 2330. The Balaban J connectivity index is 1.52. The number of rotatable bonds is 12. The molecule has 3 aliphatic rings. The number of hydrogen-bond acceptors (Lipinski definition) is 18. The van der Waals surface area contributed by atoms with Crippen LogP contribution in [0.3, 0.4) is 0 Å². The number of fused-ring (bicyclic) bond motifs is 5. The number of aliphatic imine (C=N–C) groups is 1. The van der Waals surface area contributed by atoms with Crippen LogP contribution in [0, 0.1) is 23.7 Å². The first-order chi connectivity index (χ1) is 33.6. The standard InChI is InChI=1S/C52H74N6O12S/c1-13-41-52(9,62)48-31(4)44(55-34(7)59)29(2)25-51(8,65-27-36(26-64-48)57-66-28-37-20-21-40(71-37)38-18-16-19-42(53)56-38)47(70-50-46(63-12)39(58(10)11)23-30(3)67-50)32(5)45(33(6)49(61)68-41)69-43(60)24-35-17-14-15-22-54-35/h14-22,29-33,39,41,45-48,50,62H,13,23-28H2,1-12H3,(H2,53,56)/b55-44+,57-36+/t29-,30-,31+,32+,33-,39+,41-,45+,46-,47-,48-,50+,51-,52-/m1/s1. The lowest BCUT2D eigenvalue weighted by Gasteiger charge is -2.49. The van der Waals surface area contributed by atoms with Gasteiger partial charge in [-0.2, -0.15) is 0 Å². The smallest absolute Gasteiger partial charge is 0.312 e. The van der Waals surface area contributed by atoms with Crippen LogP contribution in [0.15, 0.2) is 64.9 Å². The summed E-state index contributed by atoms with van der Waals surface area (Å²) in [5.41, 5.74) is 4.67. The number of pyridine rings is 2. The lowest BCUT2D eigenvalue weighted by Crippen LogP contribution is -2.61. The third-order valence-corrected chi connectivity index (χ3v) is 15.0. The molecular weight excluding hydrogens is 933 g/mol. The van der Waals surface area contributed by atoms with Gasteiger partial charge in [0.25, 0.3) is 0 Å². The van der Waals surface area contributed by atoms with Crippen molar-refractivity contribution in [3.63, 3.8) is 0 Å². The summed E-state index contributed by atoms with van der Waals surface area (Å²) >= 11 is 1.48. The van der Waals surface area contributed by atoms with E-state index >= 15 is 0 Å². The van der Waals surface area contributed by atoms with Crippen molar-refractivity contribution in [3.05, 3.63) is 65.3 Å². The highest BCUT2D eigenvalue weighted by Crippen LogP contribution is 2.42. The lowest BCUT2D eigenvalue weighted by atomic mass is 9.73. The summed E-state index contributed by atoms with van der Waals surface area (Å²) in [5, 5.41) is 17.4. The summed E-state index contributed by atoms with van der Waals surface area (Å²) in [6.45, 7) is 15.5. The number of aliphatic hydroxyl groups is 1. The predicted octanol–water partition coefficient (Wildman–Crippen LogP) is 6.46. The number of nitrogen functional groups attached to an aromatic ring is 1. The van der Waals surface area contributed by atoms with Crippen LogP contribution < -0.4 is 5.73 Å². The second-order valence-electron chi connectivity index (χ2n) is 19.9. The maximum Gasteiger partial charge on any atom is 0.312 e. The molecule has 71 heavy (non-hydrogen) atoms. The lowest BCUT2D eigenvalue weighted by molar-refractivity contribution is -0.306. The molecule has 0 aromatic carbocycles. The SMILES string of the molecule is CC[C@H]1OC(=O)[C@H](C)[C@@H](OC(=O)Cc2ccccn2)[C@H](C)[C@@H](O[C@@H]2O[C@H](C)C[C@H](N(C)C)[C@H]2OC)[C@@]2(C)C[C@@H](C)/C(=N\C(C)=O)[C@H](C)[C@@H](OC/C(=N\OCc3ccc(-c4cccc(N)n4)s3)CO2)[C@]1(C)O. The zero-order valence-electron chi connectivity index (χ0n) is 43.2. The summed E-state index contributed by atoms with van der Waals surface area (Å²) in [4.78, 5) is 65.2. The van der Waals surface area contributed by atoms with Gasteiger partial charge in [-0.05, 0) is 103 Å². The Kier molecular flexibility index (Phi) is 19.0. The minimum absolute atomic E-state index is 0.0977. The van der Waals surface area contributed by atoms with Crippen molar-refractivity contribution in [2.75, 3.05) is 40.2 Å². The second kappa shape index (κ2) is 24.3. The van der Waals surface area contributed by atoms with Gasteiger partial charge in [-0.1, -0.05) is 45.0 Å². The molecule has 6 rings (SSSR count). The number of cyclic esters (lactones) is 1. The van der Waals surface area contributed by atoms with Gasteiger partial charge in [-0.3, -0.25) is 19.4 Å². The van der Waals surface area contributed by atoms with Crippen molar-refractivity contribution in [1.29, 1.82) is 0 Å². The molecule has 0 saturated carbocycles. The minimum atomic E-state index is -1.88. The zero-order chi connectivity index (χ0) is 51.8. The zero-order valence-corrected chi connectivity index (χ0v) is 44.1. The number of thiophene rings is 1. The number of aromatic nitrogens is 2. The largest absolute Gasteiger partial charge is 0.461 e. The summed E-state index contributed by atoms with van der Waals surface area (Å²) in [6, 6.07) is 14.5. The molecule has 18 nitrogen and oxygen atoms in total. The van der Waals surface area contributed by atoms with Gasteiger partial charge < -0.3 is 53.7 Å². The maximum atomic E-state index is 14.7. The van der Waals surface area contributed by atoms with Crippen molar-refractivity contribution in [2.45, 2.75) is 155 Å². The van der Waals surface area contributed by atoms with E-state index in [4.69, 9.17) is 43.7 Å². The van der Waals surface area contributed by atoms with E-state index in [0.29, 0.717) is 29.4 Å². The molecular formula is C52H74N6O12S. The van der Waals surface area contributed by atoms with Gasteiger partial charge in [0.15, 0.2) is 12.9 Å². The van der Waals surface area contributed by atoms with Gasteiger partial charge in [0.1, 0.15) is 35.4 Å². The Morgan fingerprint density at radius 2 is 1.77 bits per heavy atom. The molecule has 3 saturated heterocycles. The van der Waals surface area contributed by atoms with Crippen molar-refractivity contribution in [2.24, 2.45) is 33.8 Å². The van der Waals surface area contributed by atoms with Crippen molar-refractivity contribution in [1.82, 2.24) is 14.9 Å². The number of amides is 1. The molecule has 6 heterocycles. The van der Waals surface area contributed by atoms with E-state index in [9.17, 15) is 19.5 Å². The predicted molar refractivity (Wildman–Crippen MR) is 268 cm³/mol. The highest BCUT2D eigenvalue weighted by molar-refractivity contribution is 7.15. The van der Waals surface area contributed by atoms with Gasteiger partial charge in [-0.25, -0.2) is 9.98 Å². The van der Waals surface area contributed by atoms with Crippen molar-refractivity contribution in [3.8, 4) is 10.6 Å². The molecule has 1 amide bonds. The molecule has 3 N–H and O–H groups in total. The number of carbonyl (C=O) groups excluding carboxylic acids is 3. The van der Waals surface area contributed by atoms with E-state index in [2.05, 4.69) is 25.0 Å². The van der Waals surface area contributed by atoms with Crippen molar-refractivity contribution < 1.29 is 57.5 Å². The molecule has 3 aromatic heterocycles. The number of likely N-dealkylation sites (N-methyl/N-ethyl adjacent to an activating group) is 1. The molecule has 0 spiro atoms. The van der Waals surface area contributed by atoms with E-state index in [1.165, 1.54) is 18.3 Å². The number of oxime groups is 1. The average molecular weight is 1010 g/mol. The van der Waals surface area contributed by atoms with E-state index in [1.807, 2.05) is 73.0 Å². The molecule has 3 fully saturated rings. The monoisotopic (exact) mass is 1010 g/mol. The first kappa shape index (κ1) is 55.6. The molecule has 14 atom stereocenters. The first-order valence-electron chi connectivity index (χ1n) is 24.5. The summed E-state index contributed by atoms with van der Waals surface area (Å²) < 4.78 is 46.7. The summed E-state index contributed by atoms with van der Waals surface area (Å²) in [6.07, 6.45) is -3.95. The van der Waals surface area contributed by atoms with Crippen LogP contribution in [0.1, 0.15) is 92.1 Å². The Morgan fingerprint density at radius 1 is 1.01 bits per heavy atom. The number of nitrogens with zero attached hydrogens (tertiary/aromatic N) is 5. The molecule has 390 valence electrons. The molecule has 19 heteroatoms. The van der Waals surface area contributed by atoms with Gasteiger partial charge in [0, 0.05) is 48.7 Å². The number of nitrogens with two attached hydrogens (primary N) is 1. The fraction of sp³-hybridized carbons (Fsp3) is 0.635. The van der Waals surface area contributed by atoms with Gasteiger partial charge in [-0.15, -0.1) is 11.3 Å². The van der Waals surface area contributed by atoms with E-state index in [-0.39, 0.29) is 51.2 Å². The quantitative estimate of drug-likeness (QED) is 0.147. The number of ether oxygens (including phenoxy) is 7. The molecule has 0 unspecified atom stereocenters. The number of anilines is 1. The Hall–Kier alpha value is -4.73. The summed E-state index contributed by atoms with van der Waals surface area (Å²) in [7, 11) is 5.55. The van der Waals surface area contributed by atoms with E-state index in [1.54, 1.807) is 58.3 Å². The third kappa shape index (κ3) is 13.7. The maximum absolute atomic E-state index is 14.7. The van der Waals surface area contributed by atoms with Gasteiger partial charge in [0.05, 0.1) is 65.7 Å². The minimum Gasteiger partial charge on any atom is -0.461 e. The fourth-order valence-electron chi connectivity index (χ4n) is 10.4. The van der Waals surface area contributed by atoms with Crippen LogP contribution >= 0.6 is 11.3 Å². The highest BCUT2D eigenvalue weighted by Gasteiger charge is 2.54. The number of carbonyl (C=O) groups is 3. The Morgan fingerprint density at radius 3 is 2.44 bits per heavy atom. The topological polar surface area (TPSA) is 225 Å². The highest BCUT2D eigenvalue weighted by atomic mass is 32.1. The number of methoxy groups -OCH3 is 1.